The summed E-state index contributed by atoms with van der Waals surface area (Å²) < 4.78 is 12.6. The number of nitrogens with two attached hydrogens (primary N) is 1. The summed E-state index contributed by atoms with van der Waals surface area (Å²) in [4.78, 5) is 32.0. The molecule has 0 aromatic carbocycles. The van der Waals surface area contributed by atoms with Crippen molar-refractivity contribution in [2.45, 2.75) is 57.6 Å². The zero-order chi connectivity index (χ0) is 27.4. The molecule has 1 saturated heterocycles. The smallest absolute Gasteiger partial charge is 0.261 e. The number of aromatic nitrogens is 7. The summed E-state index contributed by atoms with van der Waals surface area (Å²) in [6.07, 6.45) is 12.3. The molecule has 12 nitrogen and oxygen atoms in total. The van der Waals surface area contributed by atoms with Crippen LogP contribution in [0.4, 0.5) is 5.95 Å². The van der Waals surface area contributed by atoms with E-state index < -0.39 is 5.41 Å². The summed E-state index contributed by atoms with van der Waals surface area (Å²) in [7, 11) is 1.67. The Kier molecular flexibility index (Phi) is 7.64. The van der Waals surface area contributed by atoms with Gasteiger partial charge in [0.15, 0.2) is 5.82 Å². The molecular formula is C27H33N9O3. The molecule has 2 atom stereocenters. The summed E-state index contributed by atoms with van der Waals surface area (Å²) >= 11 is 0. The van der Waals surface area contributed by atoms with Gasteiger partial charge in [0.05, 0.1) is 29.0 Å². The van der Waals surface area contributed by atoms with Crippen molar-refractivity contribution in [1.82, 2.24) is 39.8 Å². The van der Waals surface area contributed by atoms with Gasteiger partial charge in [-0.05, 0) is 31.4 Å². The molecule has 204 valence electrons. The number of rotatable bonds is 10. The van der Waals surface area contributed by atoms with Crippen LogP contribution in [0.15, 0.2) is 47.6 Å². The van der Waals surface area contributed by atoms with E-state index in [1.165, 1.54) is 0 Å². The van der Waals surface area contributed by atoms with Gasteiger partial charge in [0.25, 0.3) is 5.89 Å². The minimum atomic E-state index is -0.513. The summed E-state index contributed by atoms with van der Waals surface area (Å²) in [5.41, 5.74) is 8.26. The van der Waals surface area contributed by atoms with Gasteiger partial charge >= 0.3 is 0 Å². The van der Waals surface area contributed by atoms with Gasteiger partial charge in [0.2, 0.25) is 11.9 Å². The Bertz CT molecular complexity index is 1400. The first-order valence-corrected chi connectivity index (χ1v) is 13.1. The first kappa shape index (κ1) is 26.4. The lowest BCUT2D eigenvalue weighted by molar-refractivity contribution is -0.131. The highest BCUT2D eigenvalue weighted by Crippen LogP contribution is 2.36. The lowest BCUT2D eigenvalue weighted by Crippen LogP contribution is -2.33. The molecule has 0 unspecified atom stereocenters. The zero-order valence-electron chi connectivity index (χ0n) is 22.4. The number of ether oxygens (including phenoxy) is 1. The average molecular weight is 532 g/mol. The molecule has 5 heterocycles. The number of anilines is 1. The number of likely N-dealkylation sites (tertiary alicyclic amines) is 1. The molecule has 0 spiro atoms. The van der Waals surface area contributed by atoms with Gasteiger partial charge in [-0.3, -0.25) is 14.5 Å². The topological polar surface area (TPSA) is 151 Å². The summed E-state index contributed by atoms with van der Waals surface area (Å²) in [5, 5.41) is 8.71. The standard InChI is InChI=1S/C27H33N9O3/c1-4-5-9-27(2,20-6-7-22(29-14-20)18-11-30-26(28)31-12-18)25-33-24(39-34-25)19-13-32-36(15-19)17-23(37)35-10-8-21(16-35)38-3/h6-7,11-15,21H,4-5,8-10,16-17H2,1-3H3,(H2,28,30,31)/t21-,27+/m0/s1. The van der Waals surface area contributed by atoms with Crippen molar-refractivity contribution >= 4 is 11.9 Å². The molecule has 4 aromatic rings. The molecule has 1 aliphatic heterocycles. The number of nitrogen functional groups attached to an aromatic ring is 1. The molecule has 39 heavy (non-hydrogen) atoms. The van der Waals surface area contributed by atoms with Crippen LogP contribution in [0.5, 0.6) is 0 Å². The molecule has 1 amide bonds. The van der Waals surface area contributed by atoms with Crippen LogP contribution in [0.25, 0.3) is 22.7 Å². The molecule has 0 aliphatic carbocycles. The first-order valence-electron chi connectivity index (χ1n) is 13.1. The Balaban J connectivity index is 1.34. The lowest BCUT2D eigenvalue weighted by Gasteiger charge is -2.26. The van der Waals surface area contributed by atoms with Crippen molar-refractivity contribution in [3.8, 4) is 22.7 Å². The molecule has 0 saturated carbocycles. The van der Waals surface area contributed by atoms with Crippen molar-refractivity contribution in [3.63, 3.8) is 0 Å². The first-order chi connectivity index (χ1) is 18.9. The van der Waals surface area contributed by atoms with E-state index in [9.17, 15) is 4.79 Å². The predicted octanol–water partition coefficient (Wildman–Crippen LogP) is 3.11. The van der Waals surface area contributed by atoms with Gasteiger partial charge in [-0.1, -0.05) is 31.0 Å². The van der Waals surface area contributed by atoms with Crippen LogP contribution in [-0.4, -0.2) is 72.0 Å². The van der Waals surface area contributed by atoms with Gasteiger partial charge in [0.1, 0.15) is 6.54 Å². The van der Waals surface area contributed by atoms with Crippen molar-refractivity contribution in [2.75, 3.05) is 25.9 Å². The average Bonchev–Trinajstić information content (AvgIpc) is 3.73. The van der Waals surface area contributed by atoms with E-state index in [-0.39, 0.29) is 24.5 Å². The quantitative estimate of drug-likeness (QED) is 0.323. The number of methoxy groups -OCH3 is 1. The Labute approximate surface area is 226 Å². The zero-order valence-corrected chi connectivity index (χ0v) is 22.4. The highest BCUT2D eigenvalue weighted by molar-refractivity contribution is 5.76. The third-order valence-electron chi connectivity index (χ3n) is 7.33. The predicted molar refractivity (Wildman–Crippen MR) is 143 cm³/mol. The second kappa shape index (κ2) is 11.3. The second-order valence-electron chi connectivity index (χ2n) is 10.0. The van der Waals surface area contributed by atoms with Crippen LogP contribution >= 0.6 is 0 Å². The van der Waals surface area contributed by atoms with Gasteiger partial charge in [-0.25, -0.2) is 9.97 Å². The molecule has 12 heteroatoms. The van der Waals surface area contributed by atoms with Crippen LogP contribution < -0.4 is 5.73 Å². The number of carbonyl (C=O) groups is 1. The number of hydrogen-bond acceptors (Lipinski definition) is 10. The fraction of sp³-hybridized carbons (Fsp3) is 0.444. The summed E-state index contributed by atoms with van der Waals surface area (Å²) in [6.45, 7) is 5.70. The van der Waals surface area contributed by atoms with Crippen molar-refractivity contribution in [3.05, 3.63) is 54.5 Å². The third-order valence-corrected chi connectivity index (χ3v) is 7.33. The Hall–Kier alpha value is -4.19. The van der Waals surface area contributed by atoms with Gasteiger partial charge in [-0.15, -0.1) is 0 Å². The van der Waals surface area contributed by atoms with Crippen LogP contribution in [-0.2, 0) is 21.5 Å². The number of amides is 1. The van der Waals surface area contributed by atoms with Crippen LogP contribution in [0, 0.1) is 0 Å². The van der Waals surface area contributed by atoms with Crippen molar-refractivity contribution in [2.24, 2.45) is 0 Å². The second-order valence-corrected chi connectivity index (χ2v) is 10.0. The monoisotopic (exact) mass is 531 g/mol. The van der Waals surface area contributed by atoms with E-state index in [1.54, 1.807) is 41.5 Å². The van der Waals surface area contributed by atoms with E-state index in [1.807, 2.05) is 18.3 Å². The number of hydrogen-bond donors (Lipinski definition) is 1. The largest absolute Gasteiger partial charge is 0.380 e. The Morgan fingerprint density at radius 2 is 2.00 bits per heavy atom. The maximum Gasteiger partial charge on any atom is 0.261 e. The minimum absolute atomic E-state index is 0.00374. The molecule has 1 fully saturated rings. The fourth-order valence-electron chi connectivity index (χ4n) is 4.79. The molecular weight excluding hydrogens is 498 g/mol. The minimum Gasteiger partial charge on any atom is -0.380 e. The lowest BCUT2D eigenvalue weighted by atomic mass is 9.78. The van der Waals surface area contributed by atoms with Crippen LogP contribution in [0.3, 0.4) is 0 Å². The Morgan fingerprint density at radius 3 is 2.69 bits per heavy atom. The summed E-state index contributed by atoms with van der Waals surface area (Å²) in [6, 6.07) is 3.96. The molecule has 0 bridgehead atoms. The van der Waals surface area contributed by atoms with Crippen molar-refractivity contribution < 1.29 is 14.1 Å². The maximum absolute atomic E-state index is 12.7. The highest BCUT2D eigenvalue weighted by atomic mass is 16.5. The normalized spacial score (nSPS) is 16.9. The maximum atomic E-state index is 12.7. The molecule has 0 radical (unpaired) electrons. The molecule has 4 aromatic heterocycles. The van der Waals surface area contributed by atoms with Crippen LogP contribution in [0.1, 0.15) is 50.9 Å². The SMILES string of the molecule is CCCC[C@](C)(c1ccc(-c2cnc(N)nc2)nc1)c1noc(-c2cnn(CC(=O)N3CC[C@H](OC)C3)c2)n1. The number of carbonyl (C=O) groups excluding carboxylic acids is 1. The number of unbranched alkanes of at least 4 members (excludes halogenated alkanes) is 1. The van der Waals surface area contributed by atoms with E-state index >= 15 is 0 Å². The van der Waals surface area contributed by atoms with Crippen LogP contribution in [0.2, 0.25) is 0 Å². The van der Waals surface area contributed by atoms with Crippen molar-refractivity contribution in [1.29, 1.82) is 0 Å². The van der Waals surface area contributed by atoms with Gasteiger partial charge in [-0.2, -0.15) is 10.1 Å². The number of pyridine rings is 1. The van der Waals surface area contributed by atoms with Gasteiger partial charge < -0.3 is 19.9 Å². The molecule has 5 rings (SSSR count). The van der Waals surface area contributed by atoms with E-state index in [0.717, 1.165) is 42.5 Å². The third kappa shape index (κ3) is 5.65. The van der Waals surface area contributed by atoms with Gasteiger partial charge in [0, 0.05) is 50.6 Å². The highest BCUT2D eigenvalue weighted by Gasteiger charge is 2.34. The molecule has 2 N–H and O–H groups in total. The number of nitrogens with zero attached hydrogens (tertiary/aromatic N) is 8. The molecule has 1 aliphatic rings. The fourth-order valence-corrected chi connectivity index (χ4v) is 4.79. The summed E-state index contributed by atoms with van der Waals surface area (Å²) in [5.74, 6) is 1.15. The van der Waals surface area contributed by atoms with E-state index in [4.69, 9.17) is 20.0 Å². The Morgan fingerprint density at radius 1 is 1.18 bits per heavy atom. The van der Waals surface area contributed by atoms with E-state index in [2.05, 4.69) is 39.1 Å². The van der Waals surface area contributed by atoms with E-state index in [0.29, 0.717) is 30.4 Å².